The number of benzene rings is 2. The van der Waals surface area contributed by atoms with Gasteiger partial charge in [-0.25, -0.2) is 0 Å². The molecule has 1 amide bonds. The van der Waals surface area contributed by atoms with Crippen molar-refractivity contribution in [1.29, 1.82) is 0 Å². The van der Waals surface area contributed by atoms with Gasteiger partial charge in [-0.2, -0.15) is 0 Å². The molecule has 5 nitrogen and oxygen atoms in total. The molecule has 0 saturated heterocycles. The first-order valence-electron chi connectivity index (χ1n) is 8.06. The first kappa shape index (κ1) is 16.2. The number of amides is 1. The van der Waals surface area contributed by atoms with E-state index in [1.165, 1.54) is 0 Å². The van der Waals surface area contributed by atoms with E-state index in [1.54, 1.807) is 25.3 Å². The lowest BCUT2D eigenvalue weighted by Crippen LogP contribution is -2.32. The molecule has 0 unspecified atom stereocenters. The van der Waals surface area contributed by atoms with Crippen molar-refractivity contribution in [3.63, 3.8) is 0 Å². The van der Waals surface area contributed by atoms with Crippen molar-refractivity contribution in [1.82, 2.24) is 5.32 Å². The van der Waals surface area contributed by atoms with Crippen LogP contribution >= 0.6 is 0 Å². The number of fused-ring (bicyclic) bond motifs is 1. The Kier molecular flexibility index (Phi) is 4.89. The monoisotopic (exact) mass is 327 g/mol. The maximum absolute atomic E-state index is 12.6. The third kappa shape index (κ3) is 3.30. The molecule has 1 aliphatic rings. The molecule has 5 heteroatoms. The molecule has 0 aromatic heterocycles. The van der Waals surface area contributed by atoms with Gasteiger partial charge in [0.1, 0.15) is 5.75 Å². The van der Waals surface area contributed by atoms with Gasteiger partial charge in [0.05, 0.1) is 26.4 Å². The van der Waals surface area contributed by atoms with E-state index >= 15 is 0 Å². The first-order chi connectivity index (χ1) is 11.7. The average Bonchev–Trinajstić information content (AvgIpc) is 2.62. The molecule has 0 radical (unpaired) electrons. The Hall–Kier alpha value is -2.69. The van der Waals surface area contributed by atoms with Gasteiger partial charge in [0, 0.05) is 17.5 Å². The topological polar surface area (TPSA) is 56.8 Å². The van der Waals surface area contributed by atoms with Crippen molar-refractivity contribution in [2.45, 2.75) is 19.4 Å². The summed E-state index contributed by atoms with van der Waals surface area (Å²) < 4.78 is 16.4. The number of rotatable bonds is 5. The lowest BCUT2D eigenvalue weighted by molar-refractivity contribution is 0.0924. The highest BCUT2D eigenvalue weighted by atomic mass is 16.5. The average molecular weight is 327 g/mol. The van der Waals surface area contributed by atoms with Crippen molar-refractivity contribution in [2.24, 2.45) is 0 Å². The predicted octanol–water partition coefficient (Wildman–Crippen LogP) is 3.35. The second kappa shape index (κ2) is 7.25. The highest BCUT2D eigenvalue weighted by Crippen LogP contribution is 2.32. The molecular weight excluding hydrogens is 306 g/mol. The van der Waals surface area contributed by atoms with E-state index in [2.05, 4.69) is 5.32 Å². The van der Waals surface area contributed by atoms with Crippen LogP contribution in [-0.4, -0.2) is 26.2 Å². The molecule has 1 heterocycles. The minimum Gasteiger partial charge on any atom is -0.493 e. The third-order valence-corrected chi connectivity index (χ3v) is 3.99. The summed E-state index contributed by atoms with van der Waals surface area (Å²) in [6.07, 6.45) is 0.747. The van der Waals surface area contributed by atoms with E-state index in [4.69, 9.17) is 14.2 Å². The number of hydrogen-bond acceptors (Lipinski definition) is 4. The van der Waals surface area contributed by atoms with E-state index in [0.29, 0.717) is 30.3 Å². The van der Waals surface area contributed by atoms with E-state index in [9.17, 15) is 4.79 Å². The summed E-state index contributed by atoms with van der Waals surface area (Å²) in [5, 5.41) is 3.08. The van der Waals surface area contributed by atoms with Crippen LogP contribution in [0.2, 0.25) is 0 Å². The number of carbonyl (C=O) groups is 1. The molecule has 0 bridgehead atoms. The lowest BCUT2D eigenvalue weighted by Gasteiger charge is -2.26. The zero-order chi connectivity index (χ0) is 16.9. The van der Waals surface area contributed by atoms with Gasteiger partial charge < -0.3 is 19.5 Å². The highest BCUT2D eigenvalue weighted by molar-refractivity contribution is 5.95. The first-order valence-corrected chi connectivity index (χ1v) is 8.06. The van der Waals surface area contributed by atoms with Gasteiger partial charge in [0.15, 0.2) is 11.5 Å². The number of hydrogen-bond donors (Lipinski definition) is 1. The second-order valence-electron chi connectivity index (χ2n) is 5.50. The van der Waals surface area contributed by atoms with E-state index in [1.807, 2.05) is 31.2 Å². The van der Waals surface area contributed by atoms with Gasteiger partial charge in [-0.05, 0) is 31.2 Å². The summed E-state index contributed by atoms with van der Waals surface area (Å²) in [5.41, 5.74) is 1.55. The molecule has 0 fully saturated rings. The molecule has 0 spiro atoms. The largest absolute Gasteiger partial charge is 0.493 e. The SMILES string of the molecule is CCOc1ccc(C(=O)N[C@H]2CCOc3ccccc32)cc1OC. The molecule has 1 aliphatic heterocycles. The van der Waals surface area contributed by atoms with Crippen LogP contribution in [-0.2, 0) is 0 Å². The van der Waals surface area contributed by atoms with Gasteiger partial charge in [-0.15, -0.1) is 0 Å². The van der Waals surface area contributed by atoms with Crippen LogP contribution in [0, 0.1) is 0 Å². The number of nitrogens with one attached hydrogen (secondary N) is 1. The molecule has 1 N–H and O–H groups in total. The van der Waals surface area contributed by atoms with Crippen LogP contribution in [0.3, 0.4) is 0 Å². The number of methoxy groups -OCH3 is 1. The summed E-state index contributed by atoms with van der Waals surface area (Å²) in [4.78, 5) is 12.6. The fraction of sp³-hybridized carbons (Fsp3) is 0.316. The minimum absolute atomic E-state index is 0.0555. The standard InChI is InChI=1S/C19H21NO4/c1-3-23-17-9-8-13(12-18(17)22-2)19(21)20-15-10-11-24-16-7-5-4-6-14(15)16/h4-9,12,15H,3,10-11H2,1-2H3,(H,20,21)/t15-/m0/s1. The summed E-state index contributed by atoms with van der Waals surface area (Å²) in [6, 6.07) is 12.9. The lowest BCUT2D eigenvalue weighted by atomic mass is 10.00. The summed E-state index contributed by atoms with van der Waals surface area (Å²) in [5.74, 6) is 1.88. The molecular formula is C19H21NO4. The molecule has 3 rings (SSSR count). The fourth-order valence-corrected chi connectivity index (χ4v) is 2.82. The molecule has 0 saturated carbocycles. The Labute approximate surface area is 141 Å². The Balaban J connectivity index is 1.78. The quantitative estimate of drug-likeness (QED) is 0.915. The molecule has 0 aliphatic carbocycles. The smallest absolute Gasteiger partial charge is 0.251 e. The maximum atomic E-state index is 12.6. The zero-order valence-electron chi connectivity index (χ0n) is 13.9. The fourth-order valence-electron chi connectivity index (χ4n) is 2.82. The van der Waals surface area contributed by atoms with Gasteiger partial charge in [0.25, 0.3) is 5.91 Å². The van der Waals surface area contributed by atoms with Crippen LogP contribution in [0.5, 0.6) is 17.2 Å². The molecule has 24 heavy (non-hydrogen) atoms. The van der Waals surface area contributed by atoms with Gasteiger partial charge in [0.2, 0.25) is 0 Å². The predicted molar refractivity (Wildman–Crippen MR) is 90.9 cm³/mol. The highest BCUT2D eigenvalue weighted by Gasteiger charge is 2.23. The second-order valence-corrected chi connectivity index (χ2v) is 5.50. The van der Waals surface area contributed by atoms with Crippen molar-refractivity contribution in [2.75, 3.05) is 20.3 Å². The summed E-state index contributed by atoms with van der Waals surface area (Å²) in [7, 11) is 1.56. The Morgan fingerprint density at radius 3 is 2.88 bits per heavy atom. The number of ether oxygens (including phenoxy) is 3. The van der Waals surface area contributed by atoms with Gasteiger partial charge >= 0.3 is 0 Å². The Bertz CT molecular complexity index is 729. The number of para-hydroxylation sites is 1. The van der Waals surface area contributed by atoms with Gasteiger partial charge in [-0.1, -0.05) is 18.2 Å². The maximum Gasteiger partial charge on any atom is 0.251 e. The molecule has 2 aromatic carbocycles. The summed E-state index contributed by atoms with van der Waals surface area (Å²) >= 11 is 0. The van der Waals surface area contributed by atoms with Crippen LogP contribution in [0.25, 0.3) is 0 Å². The molecule has 1 atom stereocenters. The van der Waals surface area contributed by atoms with Crippen LogP contribution in [0.15, 0.2) is 42.5 Å². The Morgan fingerprint density at radius 2 is 2.08 bits per heavy atom. The van der Waals surface area contributed by atoms with Crippen molar-refractivity contribution < 1.29 is 19.0 Å². The molecule has 2 aromatic rings. The van der Waals surface area contributed by atoms with E-state index < -0.39 is 0 Å². The van der Waals surface area contributed by atoms with E-state index in [-0.39, 0.29) is 11.9 Å². The van der Waals surface area contributed by atoms with Crippen molar-refractivity contribution >= 4 is 5.91 Å². The zero-order valence-corrected chi connectivity index (χ0v) is 13.9. The van der Waals surface area contributed by atoms with Crippen LogP contribution in [0.4, 0.5) is 0 Å². The molecule has 126 valence electrons. The van der Waals surface area contributed by atoms with Crippen molar-refractivity contribution in [3.05, 3.63) is 53.6 Å². The Morgan fingerprint density at radius 1 is 1.25 bits per heavy atom. The van der Waals surface area contributed by atoms with Crippen LogP contribution < -0.4 is 19.5 Å². The van der Waals surface area contributed by atoms with Crippen LogP contribution in [0.1, 0.15) is 35.3 Å². The third-order valence-electron chi connectivity index (χ3n) is 3.99. The summed E-state index contributed by atoms with van der Waals surface area (Å²) in [6.45, 7) is 3.04. The van der Waals surface area contributed by atoms with E-state index in [0.717, 1.165) is 17.7 Å². The van der Waals surface area contributed by atoms with Crippen molar-refractivity contribution in [3.8, 4) is 17.2 Å². The van der Waals surface area contributed by atoms with Gasteiger partial charge in [-0.3, -0.25) is 4.79 Å². The normalized spacial score (nSPS) is 15.8. The minimum atomic E-state index is -0.141. The number of carbonyl (C=O) groups excluding carboxylic acids is 1.